The van der Waals surface area contributed by atoms with Crippen LogP contribution in [0.3, 0.4) is 0 Å². The molecule has 0 bridgehead atoms. The van der Waals surface area contributed by atoms with Crippen LogP contribution in [0, 0.1) is 13.8 Å². The minimum atomic E-state index is -3.44. The van der Waals surface area contributed by atoms with Crippen LogP contribution in [0.25, 0.3) is 0 Å². The van der Waals surface area contributed by atoms with Crippen LogP contribution in [0.15, 0.2) is 47.4 Å². The molecule has 0 saturated heterocycles. The molecule has 1 amide bonds. The van der Waals surface area contributed by atoms with Crippen LogP contribution in [-0.2, 0) is 21.2 Å². The van der Waals surface area contributed by atoms with Gasteiger partial charge in [0.2, 0.25) is 15.9 Å². The summed E-state index contributed by atoms with van der Waals surface area (Å²) in [4.78, 5) is 12.2. The maximum absolute atomic E-state index is 12.0. The summed E-state index contributed by atoms with van der Waals surface area (Å²) in [7, 11) is -0.467. The zero-order valence-corrected chi connectivity index (χ0v) is 17.7. The molecule has 0 aromatic heterocycles. The molecule has 28 heavy (non-hydrogen) atoms. The quantitative estimate of drug-likeness (QED) is 0.652. The summed E-state index contributed by atoms with van der Waals surface area (Å²) in [5.41, 5.74) is 3.63. The first-order valence-corrected chi connectivity index (χ1v) is 10.6. The van der Waals surface area contributed by atoms with Crippen molar-refractivity contribution in [2.45, 2.75) is 31.6 Å². The highest BCUT2D eigenvalue weighted by atomic mass is 32.2. The molecule has 6 nitrogen and oxygen atoms in total. The van der Waals surface area contributed by atoms with Crippen molar-refractivity contribution in [3.63, 3.8) is 0 Å². The van der Waals surface area contributed by atoms with Crippen molar-refractivity contribution < 1.29 is 17.9 Å². The van der Waals surface area contributed by atoms with Gasteiger partial charge in [-0.2, -0.15) is 0 Å². The first-order valence-electron chi connectivity index (χ1n) is 9.18. The van der Waals surface area contributed by atoms with Gasteiger partial charge in [0, 0.05) is 20.5 Å². The van der Waals surface area contributed by atoms with Crippen LogP contribution in [0.4, 0.5) is 0 Å². The third-order valence-electron chi connectivity index (χ3n) is 4.51. The van der Waals surface area contributed by atoms with E-state index in [-0.39, 0.29) is 10.8 Å². The number of benzene rings is 2. The van der Waals surface area contributed by atoms with Crippen molar-refractivity contribution in [3.8, 4) is 5.75 Å². The molecule has 7 heteroatoms. The molecule has 2 rings (SSSR count). The maximum Gasteiger partial charge on any atom is 0.242 e. The van der Waals surface area contributed by atoms with E-state index >= 15 is 0 Å². The van der Waals surface area contributed by atoms with Crippen LogP contribution in [-0.4, -0.2) is 45.9 Å². The van der Waals surface area contributed by atoms with Crippen LogP contribution in [0.5, 0.6) is 5.75 Å². The molecule has 0 unspecified atom stereocenters. The van der Waals surface area contributed by atoms with Gasteiger partial charge in [-0.3, -0.25) is 4.79 Å². The normalized spacial score (nSPS) is 11.5. The maximum atomic E-state index is 12.0. The lowest BCUT2D eigenvalue weighted by Gasteiger charge is -2.12. The number of nitrogens with one attached hydrogen (secondary N) is 1. The van der Waals surface area contributed by atoms with Crippen molar-refractivity contribution in [1.29, 1.82) is 0 Å². The minimum Gasteiger partial charge on any atom is -0.492 e. The van der Waals surface area contributed by atoms with E-state index in [9.17, 15) is 13.2 Å². The fourth-order valence-corrected chi connectivity index (χ4v) is 3.48. The predicted molar refractivity (Wildman–Crippen MR) is 110 cm³/mol. The number of ether oxygens (including phenoxy) is 1. The molecule has 0 aliphatic carbocycles. The van der Waals surface area contributed by atoms with E-state index in [1.807, 2.05) is 0 Å². The summed E-state index contributed by atoms with van der Waals surface area (Å²) < 4.78 is 30.7. The van der Waals surface area contributed by atoms with E-state index in [0.29, 0.717) is 31.7 Å². The van der Waals surface area contributed by atoms with Crippen molar-refractivity contribution in [2.75, 3.05) is 27.2 Å². The summed E-state index contributed by atoms with van der Waals surface area (Å²) in [5.74, 6) is 0.538. The van der Waals surface area contributed by atoms with Gasteiger partial charge in [-0.25, -0.2) is 12.7 Å². The Labute approximate surface area is 167 Å². The highest BCUT2D eigenvalue weighted by Gasteiger charge is 2.16. The Morgan fingerprint density at radius 3 is 2.32 bits per heavy atom. The zero-order valence-electron chi connectivity index (χ0n) is 16.9. The predicted octanol–water partition coefficient (Wildman–Crippen LogP) is 2.68. The average Bonchev–Trinajstić information content (AvgIpc) is 2.66. The Kier molecular flexibility index (Phi) is 7.60. The lowest BCUT2D eigenvalue weighted by atomic mass is 10.0. The largest absolute Gasteiger partial charge is 0.492 e. The molecule has 0 aliphatic heterocycles. The van der Waals surface area contributed by atoms with Gasteiger partial charge in [0.1, 0.15) is 12.4 Å². The molecule has 2 aromatic rings. The van der Waals surface area contributed by atoms with E-state index in [4.69, 9.17) is 4.74 Å². The molecule has 2 aromatic carbocycles. The van der Waals surface area contributed by atoms with Crippen LogP contribution in [0.1, 0.15) is 23.1 Å². The number of nitrogens with zero attached hydrogens (tertiary/aromatic N) is 1. The summed E-state index contributed by atoms with van der Waals surface area (Å²) in [6.45, 7) is 4.85. The van der Waals surface area contributed by atoms with Gasteiger partial charge in [-0.1, -0.05) is 18.2 Å². The molecule has 0 radical (unpaired) electrons. The molecular formula is C21H28N2O4S. The highest BCUT2D eigenvalue weighted by Crippen LogP contribution is 2.18. The topological polar surface area (TPSA) is 75.7 Å². The van der Waals surface area contributed by atoms with Crippen LogP contribution >= 0.6 is 0 Å². The Bertz CT molecular complexity index is 907. The van der Waals surface area contributed by atoms with E-state index in [0.717, 1.165) is 9.87 Å². The summed E-state index contributed by atoms with van der Waals surface area (Å²) in [5, 5.41) is 2.83. The van der Waals surface area contributed by atoms with Crippen LogP contribution in [0.2, 0.25) is 0 Å². The number of rotatable bonds is 9. The molecule has 0 fully saturated rings. The molecule has 0 aliphatic rings. The number of aryl methyl sites for hydroxylation is 3. The fraction of sp³-hybridized carbons (Fsp3) is 0.381. The van der Waals surface area contributed by atoms with Gasteiger partial charge in [-0.15, -0.1) is 0 Å². The molecule has 1 N–H and O–H groups in total. The molecule has 0 saturated carbocycles. The van der Waals surface area contributed by atoms with Crippen molar-refractivity contribution in [2.24, 2.45) is 0 Å². The molecule has 0 atom stereocenters. The van der Waals surface area contributed by atoms with Crippen molar-refractivity contribution in [3.05, 3.63) is 59.2 Å². The number of amides is 1. The van der Waals surface area contributed by atoms with E-state index in [1.165, 1.54) is 37.4 Å². The third-order valence-corrected chi connectivity index (χ3v) is 6.34. The summed E-state index contributed by atoms with van der Waals surface area (Å²) in [6.07, 6.45) is 1.13. The molecule has 152 valence electrons. The van der Waals surface area contributed by atoms with Crippen LogP contribution < -0.4 is 10.1 Å². The Balaban J connectivity index is 1.72. The monoisotopic (exact) mass is 404 g/mol. The number of hydrogen-bond acceptors (Lipinski definition) is 4. The summed E-state index contributed by atoms with van der Waals surface area (Å²) in [6, 6.07) is 12.5. The van der Waals surface area contributed by atoms with Gasteiger partial charge in [-0.05, 0) is 61.2 Å². The average molecular weight is 405 g/mol. The second-order valence-corrected chi connectivity index (χ2v) is 9.03. The van der Waals surface area contributed by atoms with Gasteiger partial charge in [0.15, 0.2) is 0 Å². The Morgan fingerprint density at radius 2 is 1.71 bits per heavy atom. The number of sulfonamides is 1. The smallest absolute Gasteiger partial charge is 0.242 e. The second kappa shape index (κ2) is 9.71. The van der Waals surface area contributed by atoms with Crippen molar-refractivity contribution in [1.82, 2.24) is 9.62 Å². The second-order valence-electron chi connectivity index (χ2n) is 6.88. The SMILES string of the molecule is Cc1ccc(CCC(=O)NCCOc2ccc(S(=O)(=O)N(C)C)cc2)cc1C. The van der Waals surface area contributed by atoms with Gasteiger partial charge < -0.3 is 10.1 Å². The van der Waals surface area contributed by atoms with Gasteiger partial charge in [0.25, 0.3) is 0 Å². The first kappa shape index (κ1) is 21.9. The number of carbonyl (C=O) groups excluding carboxylic acids is 1. The zero-order chi connectivity index (χ0) is 20.7. The molecule has 0 heterocycles. The molecular weight excluding hydrogens is 376 g/mol. The van der Waals surface area contributed by atoms with E-state index in [1.54, 1.807) is 12.1 Å². The minimum absolute atomic E-state index is 0.0192. The highest BCUT2D eigenvalue weighted by molar-refractivity contribution is 7.89. The Morgan fingerprint density at radius 1 is 1.04 bits per heavy atom. The standard InChI is InChI=1S/C21H28N2O4S/c1-16-5-6-18(15-17(16)2)7-12-21(24)22-13-14-27-19-8-10-20(11-9-19)28(25,26)23(3)4/h5-6,8-11,15H,7,12-14H2,1-4H3,(H,22,24). The first-order chi connectivity index (χ1) is 13.2. The number of hydrogen-bond donors (Lipinski definition) is 1. The van der Waals surface area contributed by atoms with E-state index < -0.39 is 10.0 Å². The summed E-state index contributed by atoms with van der Waals surface area (Å²) >= 11 is 0. The fourth-order valence-electron chi connectivity index (χ4n) is 2.58. The Hall–Kier alpha value is -2.38. The van der Waals surface area contributed by atoms with E-state index in [2.05, 4.69) is 37.4 Å². The number of carbonyl (C=O) groups is 1. The lowest BCUT2D eigenvalue weighted by molar-refractivity contribution is -0.121. The van der Waals surface area contributed by atoms with Crippen molar-refractivity contribution >= 4 is 15.9 Å². The van der Waals surface area contributed by atoms with Gasteiger partial charge >= 0.3 is 0 Å². The lowest BCUT2D eigenvalue weighted by Crippen LogP contribution is -2.28. The van der Waals surface area contributed by atoms with Gasteiger partial charge in [0.05, 0.1) is 11.4 Å². The molecule has 0 spiro atoms. The third kappa shape index (κ3) is 6.07.